The summed E-state index contributed by atoms with van der Waals surface area (Å²) in [7, 11) is 0. The molecule has 0 saturated heterocycles. The number of benzene rings is 1. The topological polar surface area (TPSA) is 113 Å². The van der Waals surface area contributed by atoms with Crippen molar-refractivity contribution in [3.63, 3.8) is 0 Å². The molecule has 0 saturated carbocycles. The molecule has 1 atom stereocenters. The highest BCUT2D eigenvalue weighted by Crippen LogP contribution is 2.39. The Morgan fingerprint density at radius 1 is 1.13 bits per heavy atom. The van der Waals surface area contributed by atoms with Gasteiger partial charge in [-0.3, -0.25) is 4.79 Å². The second-order valence-corrected chi connectivity index (χ2v) is 7.11. The third kappa shape index (κ3) is 4.53. The third-order valence-corrected chi connectivity index (χ3v) is 5.13. The highest BCUT2D eigenvalue weighted by Gasteiger charge is 2.34. The number of ether oxygens (including phenoxy) is 1. The lowest BCUT2D eigenvalue weighted by molar-refractivity contribution is -0.285. The lowest BCUT2D eigenvalue weighted by Crippen LogP contribution is -2.30. The number of nitrogens with one attached hydrogen (secondary N) is 2. The largest absolute Gasteiger partial charge is 0.463 e. The van der Waals surface area contributed by atoms with Gasteiger partial charge >= 0.3 is 5.97 Å². The molecule has 1 aromatic carbocycles. The third-order valence-electron chi connectivity index (χ3n) is 5.13. The predicted molar refractivity (Wildman–Crippen MR) is 115 cm³/mol. The van der Waals surface area contributed by atoms with Crippen LogP contribution >= 0.6 is 0 Å². The number of allylic oxidation sites excluding steroid dienone is 2. The first-order chi connectivity index (χ1) is 14.9. The van der Waals surface area contributed by atoms with Gasteiger partial charge in [0.25, 0.3) is 5.56 Å². The minimum absolute atomic E-state index is 0.0268. The van der Waals surface area contributed by atoms with Crippen LogP contribution in [0.2, 0.25) is 0 Å². The van der Waals surface area contributed by atoms with Gasteiger partial charge in [0, 0.05) is 22.8 Å². The second kappa shape index (κ2) is 9.60. The van der Waals surface area contributed by atoms with E-state index in [0.29, 0.717) is 28.8 Å². The summed E-state index contributed by atoms with van der Waals surface area (Å²) < 4.78 is 5.33. The van der Waals surface area contributed by atoms with Crippen molar-refractivity contribution in [3.8, 4) is 6.07 Å². The summed E-state index contributed by atoms with van der Waals surface area (Å²) in [5.74, 6) is -0.860. The number of fused-ring (bicyclic) bond motifs is 1. The van der Waals surface area contributed by atoms with Gasteiger partial charge in [-0.15, -0.1) is 0 Å². The monoisotopic (exact) mass is 423 g/mol. The van der Waals surface area contributed by atoms with Crippen LogP contribution in [0.1, 0.15) is 44.7 Å². The summed E-state index contributed by atoms with van der Waals surface area (Å²) in [5.41, 5.74) is 3.86. The molecule has 2 heterocycles. The van der Waals surface area contributed by atoms with Crippen molar-refractivity contribution >= 4 is 16.9 Å². The molecule has 1 aliphatic rings. The van der Waals surface area contributed by atoms with Gasteiger partial charge in [0.1, 0.15) is 18.2 Å². The van der Waals surface area contributed by atoms with Gasteiger partial charge < -0.3 is 15.0 Å². The maximum absolute atomic E-state index is 12.9. The number of nitriles is 1. The minimum atomic E-state index is -0.442. The van der Waals surface area contributed by atoms with Crippen LogP contribution in [0.4, 0.5) is 0 Å². The Hall–Kier alpha value is -3.41. The van der Waals surface area contributed by atoms with Crippen LogP contribution in [0, 0.1) is 11.3 Å². The summed E-state index contributed by atoms with van der Waals surface area (Å²) in [5, 5.41) is 13.1. The summed E-state index contributed by atoms with van der Waals surface area (Å²) in [6.07, 6.45) is 0. The first kappa shape index (κ1) is 22.3. The van der Waals surface area contributed by atoms with E-state index in [9.17, 15) is 14.9 Å². The molecular weight excluding hydrogens is 398 g/mol. The van der Waals surface area contributed by atoms with Gasteiger partial charge in [-0.2, -0.15) is 5.26 Å². The molecule has 0 fully saturated rings. The van der Waals surface area contributed by atoms with Crippen LogP contribution in [-0.2, 0) is 19.3 Å². The zero-order valence-corrected chi connectivity index (χ0v) is 18.0. The molecule has 2 aromatic rings. The SMILES string of the molecule is CCOOCC1=C(C)NC(C)=C(C(=O)OCC)C1c1ccc2[nH]c(=O)c(C#N)cc2c1. The normalized spacial score (nSPS) is 16.3. The molecule has 0 spiro atoms. The fourth-order valence-corrected chi connectivity index (χ4v) is 3.75. The number of aromatic nitrogens is 1. The Labute approximate surface area is 180 Å². The molecule has 8 heteroatoms. The summed E-state index contributed by atoms with van der Waals surface area (Å²) in [6, 6.07) is 8.93. The molecule has 0 radical (unpaired) electrons. The number of carbonyl (C=O) groups is 1. The summed E-state index contributed by atoms with van der Waals surface area (Å²) in [4.78, 5) is 38.0. The van der Waals surface area contributed by atoms with E-state index in [1.54, 1.807) is 19.1 Å². The zero-order valence-electron chi connectivity index (χ0n) is 18.0. The smallest absolute Gasteiger partial charge is 0.336 e. The molecule has 0 amide bonds. The number of hydrogen-bond acceptors (Lipinski definition) is 7. The lowest BCUT2D eigenvalue weighted by Gasteiger charge is -2.31. The lowest BCUT2D eigenvalue weighted by atomic mass is 9.80. The number of esters is 1. The van der Waals surface area contributed by atoms with E-state index >= 15 is 0 Å². The van der Waals surface area contributed by atoms with Crippen molar-refractivity contribution in [3.05, 3.63) is 68.3 Å². The standard InChI is InChI=1S/C23H25N3O5/c1-5-29-23(28)20-14(4)25-13(3)18(12-31-30-6-2)21(20)15-7-8-19-16(9-15)10-17(11-24)22(27)26-19/h7-10,21,25H,5-6,12H2,1-4H3,(H,26,27). The first-order valence-corrected chi connectivity index (χ1v) is 10.1. The molecule has 0 aliphatic carbocycles. The van der Waals surface area contributed by atoms with E-state index < -0.39 is 17.4 Å². The number of carbonyl (C=O) groups excluding carboxylic acids is 1. The van der Waals surface area contributed by atoms with E-state index in [0.717, 1.165) is 16.8 Å². The molecule has 162 valence electrons. The van der Waals surface area contributed by atoms with E-state index in [1.165, 1.54) is 0 Å². The van der Waals surface area contributed by atoms with Crippen LogP contribution in [0.3, 0.4) is 0 Å². The number of hydrogen-bond donors (Lipinski definition) is 2. The van der Waals surface area contributed by atoms with Crippen molar-refractivity contribution in [2.75, 3.05) is 19.8 Å². The number of rotatable bonds is 7. The highest BCUT2D eigenvalue weighted by molar-refractivity contribution is 5.93. The Morgan fingerprint density at radius 2 is 1.90 bits per heavy atom. The number of nitrogens with zero attached hydrogens (tertiary/aromatic N) is 1. The van der Waals surface area contributed by atoms with Crippen molar-refractivity contribution in [2.45, 2.75) is 33.6 Å². The Morgan fingerprint density at radius 3 is 2.58 bits per heavy atom. The number of aromatic amines is 1. The second-order valence-electron chi connectivity index (χ2n) is 7.11. The average Bonchev–Trinajstić information content (AvgIpc) is 2.74. The van der Waals surface area contributed by atoms with Gasteiger partial charge in [-0.05, 0) is 62.4 Å². The van der Waals surface area contributed by atoms with E-state index in [1.807, 2.05) is 39.0 Å². The Bertz CT molecular complexity index is 1170. The van der Waals surface area contributed by atoms with Crippen LogP contribution in [0.5, 0.6) is 0 Å². The zero-order chi connectivity index (χ0) is 22.5. The molecule has 8 nitrogen and oxygen atoms in total. The van der Waals surface area contributed by atoms with Crippen LogP contribution < -0.4 is 10.9 Å². The van der Waals surface area contributed by atoms with Crippen molar-refractivity contribution in [1.29, 1.82) is 5.26 Å². The summed E-state index contributed by atoms with van der Waals surface area (Å²) >= 11 is 0. The molecular formula is C23H25N3O5. The van der Waals surface area contributed by atoms with Crippen LogP contribution in [-0.4, -0.2) is 30.8 Å². The minimum Gasteiger partial charge on any atom is -0.463 e. The Balaban J connectivity index is 2.17. The van der Waals surface area contributed by atoms with E-state index in [4.69, 9.17) is 14.5 Å². The van der Waals surface area contributed by atoms with Gasteiger partial charge in [0.2, 0.25) is 0 Å². The van der Waals surface area contributed by atoms with Crippen molar-refractivity contribution in [2.24, 2.45) is 0 Å². The summed E-state index contributed by atoms with van der Waals surface area (Å²) in [6.45, 7) is 8.12. The number of dihydropyridines is 1. The highest BCUT2D eigenvalue weighted by atomic mass is 17.2. The molecule has 1 aliphatic heterocycles. The van der Waals surface area contributed by atoms with E-state index in [-0.39, 0.29) is 18.8 Å². The van der Waals surface area contributed by atoms with Crippen molar-refractivity contribution in [1.82, 2.24) is 10.3 Å². The molecule has 2 N–H and O–H groups in total. The molecule has 0 bridgehead atoms. The van der Waals surface area contributed by atoms with Crippen LogP contribution in [0.25, 0.3) is 10.9 Å². The molecule has 31 heavy (non-hydrogen) atoms. The fourth-order valence-electron chi connectivity index (χ4n) is 3.75. The molecule has 1 aromatic heterocycles. The maximum atomic E-state index is 12.9. The van der Waals surface area contributed by atoms with E-state index in [2.05, 4.69) is 10.3 Å². The van der Waals surface area contributed by atoms with Gasteiger partial charge in [0.15, 0.2) is 0 Å². The molecule has 3 rings (SSSR count). The average molecular weight is 423 g/mol. The maximum Gasteiger partial charge on any atom is 0.336 e. The number of H-pyrrole nitrogens is 1. The van der Waals surface area contributed by atoms with Gasteiger partial charge in [0.05, 0.1) is 18.8 Å². The van der Waals surface area contributed by atoms with Gasteiger partial charge in [-0.1, -0.05) is 6.07 Å². The quantitative estimate of drug-likeness (QED) is 0.304. The first-order valence-electron chi connectivity index (χ1n) is 10.1. The fraction of sp³-hybridized carbons (Fsp3) is 0.348. The van der Waals surface area contributed by atoms with Crippen LogP contribution in [0.15, 0.2) is 51.6 Å². The molecule has 1 unspecified atom stereocenters. The Kier molecular flexibility index (Phi) is 6.90. The van der Waals surface area contributed by atoms with Gasteiger partial charge in [-0.25, -0.2) is 14.6 Å². The van der Waals surface area contributed by atoms with Crippen molar-refractivity contribution < 1.29 is 19.3 Å². The predicted octanol–water partition coefficient (Wildman–Crippen LogP) is 3.17. The number of pyridine rings is 1.